The van der Waals surface area contributed by atoms with Crippen molar-refractivity contribution in [2.24, 2.45) is 0 Å². The molecule has 158 valence electrons. The zero-order valence-corrected chi connectivity index (χ0v) is 18.2. The van der Waals surface area contributed by atoms with Crippen LogP contribution in [0.1, 0.15) is 11.5 Å². The minimum absolute atomic E-state index is 0.00171. The van der Waals surface area contributed by atoms with Crippen LogP contribution in [0.25, 0.3) is 11.3 Å². The van der Waals surface area contributed by atoms with Gasteiger partial charge in [-0.2, -0.15) is 0 Å². The number of aromatic nitrogens is 1. The van der Waals surface area contributed by atoms with E-state index in [0.717, 1.165) is 5.56 Å². The summed E-state index contributed by atoms with van der Waals surface area (Å²) < 4.78 is 39.3. The first-order valence-electron chi connectivity index (χ1n) is 9.41. The summed E-state index contributed by atoms with van der Waals surface area (Å²) in [6, 6.07) is 22.8. The van der Waals surface area contributed by atoms with Gasteiger partial charge in [0.05, 0.1) is 17.0 Å². The van der Waals surface area contributed by atoms with E-state index < -0.39 is 10.0 Å². The van der Waals surface area contributed by atoms with Gasteiger partial charge in [-0.1, -0.05) is 60.1 Å². The van der Waals surface area contributed by atoms with Crippen molar-refractivity contribution in [3.8, 4) is 17.0 Å². The molecule has 0 spiro atoms. The Morgan fingerprint density at radius 3 is 2.32 bits per heavy atom. The molecule has 0 bridgehead atoms. The smallest absolute Gasteiger partial charge is 0.264 e. The van der Waals surface area contributed by atoms with Crippen LogP contribution in [0.3, 0.4) is 0 Å². The molecule has 0 aliphatic carbocycles. The fraction of sp³-hybridized carbons (Fsp3) is 0.0870. The van der Waals surface area contributed by atoms with Crippen molar-refractivity contribution in [1.82, 2.24) is 4.98 Å². The first-order chi connectivity index (χ1) is 15.0. The van der Waals surface area contributed by atoms with E-state index in [1.165, 1.54) is 12.1 Å². The lowest BCUT2D eigenvalue weighted by atomic mass is 10.1. The molecule has 0 saturated heterocycles. The average molecular weight is 455 g/mol. The number of anilines is 1. The molecule has 0 aliphatic rings. The number of sulfonamides is 1. The molecule has 4 aromatic rings. The minimum atomic E-state index is -3.88. The number of benzene rings is 3. The molecule has 1 heterocycles. The summed E-state index contributed by atoms with van der Waals surface area (Å²) in [4.78, 5) is 4.66. The molecular formula is C23H19ClN2O4S. The summed E-state index contributed by atoms with van der Waals surface area (Å²) in [6.45, 7) is 0. The molecule has 31 heavy (non-hydrogen) atoms. The number of rotatable bonds is 7. The third kappa shape index (κ3) is 4.73. The SMILES string of the molecule is COc1ccc(-c2nc(Cc3ccccc3)oc2NS(=O)(=O)c2ccccc2)c(Cl)c1. The first kappa shape index (κ1) is 21.0. The Bertz CT molecular complexity index is 1290. The molecule has 6 nitrogen and oxygen atoms in total. The third-order valence-electron chi connectivity index (χ3n) is 4.58. The maximum Gasteiger partial charge on any atom is 0.264 e. The topological polar surface area (TPSA) is 81.4 Å². The van der Waals surface area contributed by atoms with E-state index in [9.17, 15) is 8.42 Å². The Morgan fingerprint density at radius 2 is 1.68 bits per heavy atom. The second-order valence-electron chi connectivity index (χ2n) is 6.71. The number of oxazole rings is 1. The summed E-state index contributed by atoms with van der Waals surface area (Å²) in [5, 5.41) is 0.360. The van der Waals surface area contributed by atoms with Crippen LogP contribution >= 0.6 is 11.6 Å². The number of hydrogen-bond donors (Lipinski definition) is 1. The monoisotopic (exact) mass is 454 g/mol. The molecular weight excluding hydrogens is 436 g/mol. The Hall–Kier alpha value is -3.29. The van der Waals surface area contributed by atoms with E-state index in [2.05, 4.69) is 9.71 Å². The van der Waals surface area contributed by atoms with Crippen molar-refractivity contribution in [3.05, 3.63) is 95.3 Å². The lowest BCUT2D eigenvalue weighted by Crippen LogP contribution is -2.13. The molecule has 8 heteroatoms. The van der Waals surface area contributed by atoms with Crippen molar-refractivity contribution >= 4 is 27.5 Å². The first-order valence-corrected chi connectivity index (χ1v) is 11.3. The second-order valence-corrected chi connectivity index (χ2v) is 8.80. The molecule has 0 aliphatic heterocycles. The van der Waals surface area contributed by atoms with E-state index in [1.807, 2.05) is 30.3 Å². The highest BCUT2D eigenvalue weighted by atomic mass is 35.5. The summed E-state index contributed by atoms with van der Waals surface area (Å²) >= 11 is 6.43. The molecule has 1 N–H and O–H groups in total. The van der Waals surface area contributed by atoms with Gasteiger partial charge in [0, 0.05) is 12.0 Å². The number of methoxy groups -OCH3 is 1. The Morgan fingerprint density at radius 1 is 1.00 bits per heavy atom. The van der Waals surface area contributed by atoms with Crippen LogP contribution in [0, 0.1) is 0 Å². The Labute approximate surface area is 185 Å². The van der Waals surface area contributed by atoms with Crippen LogP contribution in [-0.2, 0) is 16.4 Å². The third-order valence-corrected chi connectivity index (χ3v) is 6.24. The van der Waals surface area contributed by atoms with Gasteiger partial charge < -0.3 is 9.15 Å². The van der Waals surface area contributed by atoms with Gasteiger partial charge in [0.25, 0.3) is 10.0 Å². The van der Waals surface area contributed by atoms with Crippen LogP contribution in [0.4, 0.5) is 5.88 Å². The highest BCUT2D eigenvalue weighted by Crippen LogP contribution is 2.37. The van der Waals surface area contributed by atoms with Crippen LogP contribution in [0.2, 0.25) is 5.02 Å². The Kier molecular flexibility index (Phi) is 5.97. The van der Waals surface area contributed by atoms with Crippen molar-refractivity contribution < 1.29 is 17.6 Å². The zero-order valence-electron chi connectivity index (χ0n) is 16.6. The van der Waals surface area contributed by atoms with Crippen LogP contribution < -0.4 is 9.46 Å². The molecule has 0 atom stereocenters. The molecule has 0 fully saturated rings. The lowest BCUT2D eigenvalue weighted by Gasteiger charge is -2.08. The average Bonchev–Trinajstić information content (AvgIpc) is 3.15. The normalized spacial score (nSPS) is 11.3. The fourth-order valence-electron chi connectivity index (χ4n) is 3.06. The summed E-state index contributed by atoms with van der Waals surface area (Å²) in [7, 11) is -2.34. The van der Waals surface area contributed by atoms with E-state index in [4.69, 9.17) is 20.8 Å². The van der Waals surface area contributed by atoms with Gasteiger partial charge in [0.2, 0.25) is 11.8 Å². The van der Waals surface area contributed by atoms with Crippen LogP contribution in [0.15, 0.2) is 88.2 Å². The second kappa shape index (κ2) is 8.83. The minimum Gasteiger partial charge on any atom is -0.497 e. The number of halogens is 1. The number of hydrogen-bond acceptors (Lipinski definition) is 5. The standard InChI is InChI=1S/C23H19ClN2O4S/c1-29-17-12-13-19(20(24)15-17)22-23(26-31(27,28)18-10-6-3-7-11-18)30-21(25-22)14-16-8-4-2-5-9-16/h2-13,15,26H,14H2,1H3. The predicted molar refractivity (Wildman–Crippen MR) is 120 cm³/mol. The van der Waals surface area contributed by atoms with Gasteiger partial charge in [-0.15, -0.1) is 0 Å². The molecule has 0 unspecified atom stereocenters. The quantitative estimate of drug-likeness (QED) is 0.404. The van der Waals surface area contributed by atoms with Gasteiger partial charge >= 0.3 is 0 Å². The lowest BCUT2D eigenvalue weighted by molar-refractivity contribution is 0.415. The summed E-state index contributed by atoms with van der Waals surface area (Å²) in [6.07, 6.45) is 0.397. The molecule has 0 radical (unpaired) electrons. The van der Waals surface area contributed by atoms with E-state index >= 15 is 0 Å². The van der Waals surface area contributed by atoms with Crippen molar-refractivity contribution in [1.29, 1.82) is 0 Å². The van der Waals surface area contributed by atoms with Crippen LogP contribution in [-0.4, -0.2) is 20.5 Å². The predicted octanol–water partition coefficient (Wildman–Crippen LogP) is 5.40. The van der Waals surface area contributed by atoms with E-state index in [1.54, 1.807) is 43.5 Å². The van der Waals surface area contributed by atoms with Crippen LogP contribution in [0.5, 0.6) is 5.75 Å². The summed E-state index contributed by atoms with van der Waals surface area (Å²) in [5.41, 5.74) is 1.81. The molecule has 0 saturated carbocycles. The molecule has 3 aromatic carbocycles. The van der Waals surface area contributed by atoms with Gasteiger partial charge in [0.1, 0.15) is 11.4 Å². The number of nitrogens with one attached hydrogen (secondary N) is 1. The zero-order chi connectivity index (χ0) is 21.8. The maximum absolute atomic E-state index is 12.9. The largest absolute Gasteiger partial charge is 0.497 e. The van der Waals surface area contributed by atoms with Crippen molar-refractivity contribution in [2.75, 3.05) is 11.8 Å². The molecule has 1 aromatic heterocycles. The highest BCUT2D eigenvalue weighted by molar-refractivity contribution is 7.92. The summed E-state index contributed by atoms with van der Waals surface area (Å²) in [5.74, 6) is 0.939. The van der Waals surface area contributed by atoms with Gasteiger partial charge in [-0.3, -0.25) is 0 Å². The number of ether oxygens (including phenoxy) is 1. The van der Waals surface area contributed by atoms with E-state index in [0.29, 0.717) is 34.3 Å². The fourth-order valence-corrected chi connectivity index (χ4v) is 4.33. The molecule has 0 amide bonds. The van der Waals surface area contributed by atoms with Gasteiger partial charge in [-0.25, -0.2) is 18.1 Å². The maximum atomic E-state index is 12.9. The molecule has 4 rings (SSSR count). The van der Waals surface area contributed by atoms with Crippen molar-refractivity contribution in [3.63, 3.8) is 0 Å². The highest BCUT2D eigenvalue weighted by Gasteiger charge is 2.23. The van der Waals surface area contributed by atoms with Crippen molar-refractivity contribution in [2.45, 2.75) is 11.3 Å². The van der Waals surface area contributed by atoms with E-state index in [-0.39, 0.29) is 10.8 Å². The van der Waals surface area contributed by atoms with Gasteiger partial charge in [0.15, 0.2) is 0 Å². The Balaban J connectivity index is 1.77. The van der Waals surface area contributed by atoms with Gasteiger partial charge in [-0.05, 0) is 35.9 Å². The number of nitrogens with zero attached hydrogens (tertiary/aromatic N) is 1.